The van der Waals surface area contributed by atoms with E-state index < -0.39 is 0 Å². The highest BCUT2D eigenvalue weighted by molar-refractivity contribution is 6.35. The predicted octanol–water partition coefficient (Wildman–Crippen LogP) is 2.31. The second-order valence-corrected chi connectivity index (χ2v) is 3.64. The van der Waals surface area contributed by atoms with Crippen molar-refractivity contribution in [2.24, 2.45) is 0 Å². The van der Waals surface area contributed by atoms with E-state index in [1.165, 1.54) is 6.20 Å². The van der Waals surface area contributed by atoms with Crippen molar-refractivity contribution in [2.75, 3.05) is 12.5 Å². The molecule has 2 heterocycles. The molecule has 3 rings (SSSR count). The van der Waals surface area contributed by atoms with Crippen molar-refractivity contribution in [1.29, 1.82) is 0 Å². The molecular formula is C10H7ClN2O3. The number of nitrogens with two attached hydrogens (primary N) is 1. The second kappa shape index (κ2) is 3.31. The topological polar surface area (TPSA) is 70.5 Å². The molecule has 1 aromatic heterocycles. The molecule has 0 aliphatic carbocycles. The summed E-state index contributed by atoms with van der Waals surface area (Å²) in [4.78, 5) is 0. The van der Waals surface area contributed by atoms with Gasteiger partial charge in [-0.05, 0) is 12.1 Å². The Hall–Kier alpha value is -1.88. The Morgan fingerprint density at radius 3 is 2.88 bits per heavy atom. The maximum Gasteiger partial charge on any atom is 0.231 e. The van der Waals surface area contributed by atoms with E-state index in [1.807, 2.05) is 0 Å². The molecule has 0 bridgehead atoms. The summed E-state index contributed by atoms with van der Waals surface area (Å²) in [5.41, 5.74) is 6.98. The van der Waals surface area contributed by atoms with Gasteiger partial charge in [-0.15, -0.1) is 0 Å². The third kappa shape index (κ3) is 1.22. The first kappa shape index (κ1) is 9.35. The lowest BCUT2D eigenvalue weighted by Crippen LogP contribution is -1.93. The molecule has 5 nitrogen and oxygen atoms in total. The number of hydrogen-bond acceptors (Lipinski definition) is 5. The third-order valence-electron chi connectivity index (χ3n) is 2.37. The first-order chi connectivity index (χ1) is 7.77. The number of ether oxygens (including phenoxy) is 2. The molecule has 0 saturated carbocycles. The molecule has 2 N–H and O–H groups in total. The second-order valence-electron chi connectivity index (χ2n) is 3.26. The molecule has 0 saturated heterocycles. The number of nitrogen functional groups attached to an aromatic ring is 1. The van der Waals surface area contributed by atoms with E-state index in [2.05, 4.69) is 5.16 Å². The average Bonchev–Trinajstić information content (AvgIpc) is 2.88. The van der Waals surface area contributed by atoms with Gasteiger partial charge in [-0.25, -0.2) is 0 Å². The van der Waals surface area contributed by atoms with Crippen LogP contribution in [0.3, 0.4) is 0 Å². The number of anilines is 1. The lowest BCUT2D eigenvalue weighted by atomic mass is 10.1. The Morgan fingerprint density at radius 2 is 2.12 bits per heavy atom. The van der Waals surface area contributed by atoms with E-state index in [4.69, 9.17) is 31.3 Å². The Kier molecular flexibility index (Phi) is 1.94. The van der Waals surface area contributed by atoms with Crippen LogP contribution in [-0.4, -0.2) is 11.9 Å². The van der Waals surface area contributed by atoms with Crippen LogP contribution in [0.1, 0.15) is 0 Å². The summed E-state index contributed by atoms with van der Waals surface area (Å²) in [5.74, 6) is 1.38. The van der Waals surface area contributed by atoms with Crippen molar-refractivity contribution < 1.29 is 14.0 Å². The van der Waals surface area contributed by atoms with Gasteiger partial charge in [0.1, 0.15) is 0 Å². The average molecular weight is 239 g/mol. The lowest BCUT2D eigenvalue weighted by Gasteiger charge is -2.04. The Bertz CT molecular complexity index is 553. The van der Waals surface area contributed by atoms with Gasteiger partial charge in [-0.2, -0.15) is 0 Å². The van der Waals surface area contributed by atoms with Crippen molar-refractivity contribution in [3.63, 3.8) is 0 Å². The molecule has 1 aliphatic rings. The highest BCUT2D eigenvalue weighted by Crippen LogP contribution is 2.45. The fraction of sp³-hybridized carbons (Fsp3) is 0.100. The molecule has 6 heteroatoms. The summed E-state index contributed by atoms with van der Waals surface area (Å²) in [6, 6.07) is 3.56. The number of benzene rings is 1. The van der Waals surface area contributed by atoms with E-state index in [-0.39, 0.29) is 12.7 Å². The van der Waals surface area contributed by atoms with Crippen LogP contribution in [-0.2, 0) is 0 Å². The minimum Gasteiger partial charge on any atom is -0.454 e. The zero-order valence-electron chi connectivity index (χ0n) is 8.07. The minimum atomic E-state index is 0.178. The number of halogens is 1. The van der Waals surface area contributed by atoms with Gasteiger partial charge >= 0.3 is 0 Å². The van der Waals surface area contributed by atoms with Crippen molar-refractivity contribution in [3.05, 3.63) is 23.4 Å². The quantitative estimate of drug-likeness (QED) is 0.826. The Labute approximate surface area is 95.7 Å². The molecule has 2 aromatic rings. The zero-order valence-corrected chi connectivity index (χ0v) is 8.82. The first-order valence-electron chi connectivity index (χ1n) is 4.56. The smallest absolute Gasteiger partial charge is 0.231 e. The minimum absolute atomic E-state index is 0.178. The third-order valence-corrected chi connectivity index (χ3v) is 2.74. The molecule has 0 amide bonds. The summed E-state index contributed by atoms with van der Waals surface area (Å²) >= 11 is 6.19. The van der Waals surface area contributed by atoms with Crippen LogP contribution in [0.15, 0.2) is 22.9 Å². The Morgan fingerprint density at radius 1 is 1.25 bits per heavy atom. The van der Waals surface area contributed by atoms with Gasteiger partial charge in [0, 0.05) is 5.56 Å². The molecule has 1 aliphatic heterocycles. The monoisotopic (exact) mass is 238 g/mol. The zero-order chi connectivity index (χ0) is 11.1. The van der Waals surface area contributed by atoms with Gasteiger partial charge in [0.25, 0.3) is 0 Å². The van der Waals surface area contributed by atoms with Crippen LogP contribution in [0, 0.1) is 0 Å². The number of hydrogen-bond donors (Lipinski definition) is 1. The fourth-order valence-electron chi connectivity index (χ4n) is 1.60. The highest BCUT2D eigenvalue weighted by atomic mass is 35.5. The molecule has 0 fully saturated rings. The maximum atomic E-state index is 6.19. The summed E-state index contributed by atoms with van der Waals surface area (Å²) in [7, 11) is 0. The number of nitrogens with zero attached hydrogens (tertiary/aromatic N) is 1. The van der Waals surface area contributed by atoms with Crippen LogP contribution in [0.5, 0.6) is 11.5 Å². The maximum absolute atomic E-state index is 6.19. The molecule has 0 radical (unpaired) electrons. The van der Waals surface area contributed by atoms with Crippen LogP contribution in [0.2, 0.25) is 5.02 Å². The summed E-state index contributed by atoms with van der Waals surface area (Å²) < 4.78 is 15.3. The molecule has 0 unspecified atom stereocenters. The Balaban J connectivity index is 2.20. The van der Waals surface area contributed by atoms with Gasteiger partial charge in [-0.3, -0.25) is 0 Å². The number of rotatable bonds is 1. The molecule has 16 heavy (non-hydrogen) atoms. The standard InChI is InChI=1S/C10H7ClN2O3/c11-8-5(6-3-13-16-10(6)12)1-2-7-9(8)15-4-14-7/h1-3H,4,12H2. The highest BCUT2D eigenvalue weighted by Gasteiger charge is 2.22. The lowest BCUT2D eigenvalue weighted by molar-refractivity contribution is 0.174. The van der Waals surface area contributed by atoms with Gasteiger partial charge in [0.05, 0.1) is 16.8 Å². The van der Waals surface area contributed by atoms with Gasteiger partial charge in [0.2, 0.25) is 12.7 Å². The molecule has 82 valence electrons. The molecule has 0 spiro atoms. The number of fused-ring (bicyclic) bond motifs is 1. The SMILES string of the molecule is Nc1oncc1-c1ccc2c(c1Cl)OCO2. The normalized spacial score (nSPS) is 13.1. The molecule has 1 aromatic carbocycles. The van der Waals surface area contributed by atoms with E-state index in [0.29, 0.717) is 27.6 Å². The van der Waals surface area contributed by atoms with Crippen LogP contribution in [0.4, 0.5) is 5.88 Å². The van der Waals surface area contributed by atoms with Crippen molar-refractivity contribution >= 4 is 17.5 Å². The van der Waals surface area contributed by atoms with Crippen LogP contribution < -0.4 is 15.2 Å². The van der Waals surface area contributed by atoms with E-state index in [0.717, 1.165) is 0 Å². The van der Waals surface area contributed by atoms with Crippen LogP contribution >= 0.6 is 11.6 Å². The summed E-state index contributed by atoms with van der Waals surface area (Å²) in [6.45, 7) is 0.178. The van der Waals surface area contributed by atoms with Gasteiger partial charge < -0.3 is 19.7 Å². The summed E-state index contributed by atoms with van der Waals surface area (Å²) in [5, 5.41) is 4.05. The van der Waals surface area contributed by atoms with E-state index in [9.17, 15) is 0 Å². The van der Waals surface area contributed by atoms with Gasteiger partial charge in [0.15, 0.2) is 11.5 Å². The predicted molar refractivity (Wildman–Crippen MR) is 57.5 cm³/mol. The summed E-state index contributed by atoms with van der Waals surface area (Å²) in [6.07, 6.45) is 1.51. The van der Waals surface area contributed by atoms with E-state index in [1.54, 1.807) is 12.1 Å². The van der Waals surface area contributed by atoms with Crippen molar-refractivity contribution in [2.45, 2.75) is 0 Å². The van der Waals surface area contributed by atoms with Gasteiger partial charge in [-0.1, -0.05) is 16.8 Å². The van der Waals surface area contributed by atoms with E-state index >= 15 is 0 Å². The van der Waals surface area contributed by atoms with Crippen molar-refractivity contribution in [3.8, 4) is 22.6 Å². The first-order valence-corrected chi connectivity index (χ1v) is 4.94. The fourth-order valence-corrected chi connectivity index (χ4v) is 1.91. The molecular weight excluding hydrogens is 232 g/mol. The molecule has 0 atom stereocenters. The van der Waals surface area contributed by atoms with Crippen LogP contribution in [0.25, 0.3) is 11.1 Å². The largest absolute Gasteiger partial charge is 0.454 e. The van der Waals surface area contributed by atoms with Crippen molar-refractivity contribution in [1.82, 2.24) is 5.16 Å². The number of aromatic nitrogens is 1.